The molecule has 0 spiro atoms. The molecule has 1 saturated heterocycles. The molecular formula is C29H32N8O3. The normalized spacial score (nSPS) is 17.2. The van der Waals surface area contributed by atoms with Crippen LogP contribution in [-0.4, -0.2) is 54.7 Å². The molecule has 4 heterocycles. The van der Waals surface area contributed by atoms with Gasteiger partial charge in [0.25, 0.3) is 11.5 Å². The predicted octanol–water partition coefficient (Wildman–Crippen LogP) is 1.34. The van der Waals surface area contributed by atoms with Crippen molar-refractivity contribution in [2.75, 3.05) is 18.0 Å². The van der Waals surface area contributed by atoms with E-state index in [2.05, 4.69) is 32.0 Å². The van der Waals surface area contributed by atoms with Crippen LogP contribution in [0, 0.1) is 11.8 Å². The first kappa shape index (κ1) is 25.8. The van der Waals surface area contributed by atoms with Gasteiger partial charge in [-0.05, 0) is 38.7 Å². The van der Waals surface area contributed by atoms with Crippen LogP contribution in [0.5, 0.6) is 0 Å². The fourth-order valence-corrected chi connectivity index (χ4v) is 5.53. The number of nitrogens with one attached hydrogen (secondary N) is 1. The standard InChI is InChI=1S/C29H32N8O3/c1-3-4-14-36-25-24(23(26(38)32-20-11-12-20)27(36)35-13-7-9-19(30)16-35)34(2)29(40)37(28(25)39)17-22-31-15-18-8-5-6-10-21(18)33-22/h5-6,8,10,15,19-20H,7,9,11-14,16-17,30H2,1-2H3,(H,32,38). The monoisotopic (exact) mass is 540 g/mol. The Balaban J connectivity index is 1.60. The van der Waals surface area contributed by atoms with Crippen molar-refractivity contribution in [3.8, 4) is 11.8 Å². The average Bonchev–Trinajstić information content (AvgIpc) is 3.70. The number of hydrogen-bond acceptors (Lipinski definition) is 7. The van der Waals surface area contributed by atoms with Gasteiger partial charge in [0.1, 0.15) is 22.7 Å². The van der Waals surface area contributed by atoms with Crippen molar-refractivity contribution in [3.63, 3.8) is 0 Å². The van der Waals surface area contributed by atoms with Gasteiger partial charge in [-0.1, -0.05) is 24.1 Å². The number of nitrogens with two attached hydrogens (primary N) is 1. The van der Waals surface area contributed by atoms with Crippen LogP contribution >= 0.6 is 0 Å². The van der Waals surface area contributed by atoms with Gasteiger partial charge in [0.2, 0.25) is 0 Å². The Labute approximate surface area is 230 Å². The number of para-hydroxylation sites is 1. The summed E-state index contributed by atoms with van der Waals surface area (Å²) >= 11 is 0. The minimum absolute atomic E-state index is 0.0673. The first-order valence-electron chi connectivity index (χ1n) is 13.6. The van der Waals surface area contributed by atoms with Gasteiger partial charge in [0, 0.05) is 43.8 Å². The van der Waals surface area contributed by atoms with Crippen LogP contribution in [0.15, 0.2) is 40.1 Å². The van der Waals surface area contributed by atoms with E-state index < -0.39 is 11.2 Å². The van der Waals surface area contributed by atoms with Gasteiger partial charge in [-0.3, -0.25) is 18.7 Å². The van der Waals surface area contributed by atoms with Crippen molar-refractivity contribution in [1.29, 1.82) is 0 Å². The first-order chi connectivity index (χ1) is 19.4. The summed E-state index contributed by atoms with van der Waals surface area (Å²) in [5, 5.41) is 3.94. The molecule has 6 rings (SSSR count). The van der Waals surface area contributed by atoms with E-state index in [1.807, 2.05) is 24.3 Å². The summed E-state index contributed by atoms with van der Waals surface area (Å²) in [5.74, 6) is 6.60. The number of nitrogens with zero attached hydrogens (tertiary/aromatic N) is 6. The zero-order valence-corrected chi connectivity index (χ0v) is 22.7. The molecule has 2 aliphatic rings. The number of carbonyl (C=O) groups excluding carboxylic acids is 1. The highest BCUT2D eigenvalue weighted by molar-refractivity contribution is 6.11. The van der Waals surface area contributed by atoms with Gasteiger partial charge in [-0.15, -0.1) is 5.92 Å². The van der Waals surface area contributed by atoms with Gasteiger partial charge in [0.05, 0.1) is 24.1 Å². The number of anilines is 1. The Morgan fingerprint density at radius 1 is 1.15 bits per heavy atom. The summed E-state index contributed by atoms with van der Waals surface area (Å²) in [6, 6.07) is 7.57. The van der Waals surface area contributed by atoms with E-state index in [1.165, 1.54) is 4.57 Å². The molecule has 40 heavy (non-hydrogen) atoms. The van der Waals surface area contributed by atoms with Crippen molar-refractivity contribution in [3.05, 3.63) is 62.7 Å². The van der Waals surface area contributed by atoms with Crippen molar-refractivity contribution in [2.24, 2.45) is 12.8 Å². The molecule has 1 saturated carbocycles. The quantitative estimate of drug-likeness (QED) is 0.353. The lowest BCUT2D eigenvalue weighted by Crippen LogP contribution is -2.44. The van der Waals surface area contributed by atoms with E-state index in [-0.39, 0.29) is 36.6 Å². The molecule has 11 heteroatoms. The van der Waals surface area contributed by atoms with Crippen LogP contribution < -0.4 is 27.2 Å². The van der Waals surface area contributed by atoms with Crippen molar-refractivity contribution in [1.82, 2.24) is 29.0 Å². The number of piperidine rings is 1. The highest BCUT2D eigenvalue weighted by Gasteiger charge is 2.34. The highest BCUT2D eigenvalue weighted by Crippen LogP contribution is 2.33. The second kappa shape index (κ2) is 10.3. The van der Waals surface area contributed by atoms with E-state index in [0.29, 0.717) is 35.8 Å². The average molecular weight is 541 g/mol. The maximum atomic E-state index is 14.2. The number of aryl methyl sites for hydroxylation is 1. The summed E-state index contributed by atoms with van der Waals surface area (Å²) in [7, 11) is 1.59. The number of amides is 1. The van der Waals surface area contributed by atoms with Gasteiger partial charge in [-0.25, -0.2) is 14.8 Å². The number of benzene rings is 1. The number of fused-ring (bicyclic) bond motifs is 2. The molecule has 1 atom stereocenters. The lowest BCUT2D eigenvalue weighted by molar-refractivity contribution is 0.0952. The zero-order chi connectivity index (χ0) is 28.0. The van der Waals surface area contributed by atoms with Gasteiger partial charge in [-0.2, -0.15) is 0 Å². The largest absolute Gasteiger partial charge is 0.356 e. The molecule has 1 aliphatic carbocycles. The molecule has 3 aromatic heterocycles. The fourth-order valence-electron chi connectivity index (χ4n) is 5.53. The van der Waals surface area contributed by atoms with Crippen LogP contribution in [0.1, 0.15) is 48.8 Å². The molecule has 0 bridgehead atoms. The Hall–Kier alpha value is -4.43. The molecule has 1 amide bonds. The Kier molecular flexibility index (Phi) is 6.64. The topological polar surface area (TPSA) is 133 Å². The van der Waals surface area contributed by atoms with Crippen molar-refractivity contribution < 1.29 is 4.79 Å². The highest BCUT2D eigenvalue weighted by atomic mass is 16.2. The fraction of sp³-hybridized carbons (Fsp3) is 0.414. The third-order valence-electron chi connectivity index (χ3n) is 7.66. The molecule has 11 nitrogen and oxygen atoms in total. The lowest BCUT2D eigenvalue weighted by atomic mass is 10.1. The van der Waals surface area contributed by atoms with Crippen LogP contribution in [0.2, 0.25) is 0 Å². The SMILES string of the molecule is CC#CCn1c(N2CCCC(N)C2)c(C(=O)NC2CC2)c2c1c(=O)n(Cc1ncc3ccccc3n1)c(=O)n2C. The number of hydrogen-bond donors (Lipinski definition) is 2. The molecule has 1 aromatic carbocycles. The summed E-state index contributed by atoms with van der Waals surface area (Å²) in [6.07, 6.45) is 5.24. The number of rotatable bonds is 6. The Morgan fingerprint density at radius 3 is 2.70 bits per heavy atom. The third-order valence-corrected chi connectivity index (χ3v) is 7.66. The summed E-state index contributed by atoms with van der Waals surface area (Å²) in [5.41, 5.74) is 6.88. The summed E-state index contributed by atoms with van der Waals surface area (Å²) in [4.78, 5) is 52.7. The number of carbonyl (C=O) groups is 1. The molecule has 4 aromatic rings. The van der Waals surface area contributed by atoms with Crippen molar-refractivity contribution >= 4 is 33.7 Å². The molecule has 0 radical (unpaired) electrons. The minimum atomic E-state index is -0.546. The molecule has 3 N–H and O–H groups in total. The summed E-state index contributed by atoms with van der Waals surface area (Å²) in [6.45, 7) is 3.02. The van der Waals surface area contributed by atoms with Gasteiger partial charge < -0.3 is 20.5 Å². The first-order valence-corrected chi connectivity index (χ1v) is 13.6. The van der Waals surface area contributed by atoms with E-state index in [4.69, 9.17) is 5.73 Å². The predicted molar refractivity (Wildman–Crippen MR) is 153 cm³/mol. The van der Waals surface area contributed by atoms with Crippen LogP contribution in [0.4, 0.5) is 5.82 Å². The van der Waals surface area contributed by atoms with Gasteiger partial charge in [0.15, 0.2) is 0 Å². The molecule has 206 valence electrons. The summed E-state index contributed by atoms with van der Waals surface area (Å²) < 4.78 is 4.31. The molecular weight excluding hydrogens is 508 g/mol. The molecule has 1 aliphatic heterocycles. The Bertz CT molecular complexity index is 1820. The zero-order valence-electron chi connectivity index (χ0n) is 22.7. The molecule has 1 unspecified atom stereocenters. The van der Waals surface area contributed by atoms with E-state index >= 15 is 0 Å². The Morgan fingerprint density at radius 2 is 1.95 bits per heavy atom. The minimum Gasteiger partial charge on any atom is -0.356 e. The van der Waals surface area contributed by atoms with Crippen molar-refractivity contribution in [2.45, 2.75) is 57.8 Å². The maximum Gasteiger partial charge on any atom is 0.331 e. The van der Waals surface area contributed by atoms with Crippen LogP contribution in [0.25, 0.3) is 21.9 Å². The third kappa shape index (κ3) is 4.54. The number of aromatic nitrogens is 5. The van der Waals surface area contributed by atoms with E-state index in [0.717, 1.165) is 41.2 Å². The smallest absolute Gasteiger partial charge is 0.331 e. The maximum absolute atomic E-state index is 14.2. The molecule has 2 fully saturated rings. The van der Waals surface area contributed by atoms with E-state index in [1.54, 1.807) is 24.7 Å². The van der Waals surface area contributed by atoms with E-state index in [9.17, 15) is 14.4 Å². The lowest BCUT2D eigenvalue weighted by Gasteiger charge is -2.33. The van der Waals surface area contributed by atoms with Crippen LogP contribution in [0.3, 0.4) is 0 Å². The second-order valence-electron chi connectivity index (χ2n) is 10.6. The van der Waals surface area contributed by atoms with Crippen LogP contribution in [-0.2, 0) is 20.1 Å². The van der Waals surface area contributed by atoms with Gasteiger partial charge >= 0.3 is 5.69 Å². The second-order valence-corrected chi connectivity index (χ2v) is 10.6.